The summed E-state index contributed by atoms with van der Waals surface area (Å²) >= 11 is 0. The van der Waals surface area contributed by atoms with Gasteiger partial charge in [0.05, 0.1) is 6.61 Å². The van der Waals surface area contributed by atoms with Crippen LogP contribution < -0.4 is 0 Å². The number of rotatable bonds is 3. The summed E-state index contributed by atoms with van der Waals surface area (Å²) in [7, 11) is 0. The van der Waals surface area contributed by atoms with Gasteiger partial charge in [0, 0.05) is 0 Å². The van der Waals surface area contributed by atoms with Crippen molar-refractivity contribution in [1.29, 1.82) is 0 Å². The molecular formula is C9H11N3O5. The van der Waals surface area contributed by atoms with E-state index in [-0.39, 0.29) is 12.6 Å². The quantitative estimate of drug-likeness (QED) is 0.423. The average Bonchev–Trinajstić information content (AvgIpc) is 2.78. The van der Waals surface area contributed by atoms with Crippen molar-refractivity contribution in [1.82, 2.24) is 9.55 Å². The van der Waals surface area contributed by atoms with Crippen LogP contribution in [0, 0.1) is 10.1 Å². The molecule has 17 heavy (non-hydrogen) atoms. The van der Waals surface area contributed by atoms with Crippen molar-refractivity contribution in [2.45, 2.75) is 18.4 Å². The highest BCUT2D eigenvalue weighted by Gasteiger charge is 2.30. The van der Waals surface area contributed by atoms with Crippen LogP contribution in [0.4, 0.5) is 5.95 Å². The van der Waals surface area contributed by atoms with E-state index in [9.17, 15) is 15.2 Å². The smallest absolute Gasteiger partial charge is 0.394 e. The fourth-order valence-electron chi connectivity index (χ4n) is 1.59. The van der Waals surface area contributed by atoms with Crippen molar-refractivity contribution in [2.75, 3.05) is 6.61 Å². The molecule has 0 aliphatic carbocycles. The van der Waals surface area contributed by atoms with Gasteiger partial charge in [0.25, 0.3) is 0 Å². The second-order valence-corrected chi connectivity index (χ2v) is 3.51. The van der Waals surface area contributed by atoms with Crippen LogP contribution in [0.2, 0.25) is 0 Å². The first-order valence-electron chi connectivity index (χ1n) is 4.93. The zero-order valence-corrected chi connectivity index (χ0v) is 8.71. The summed E-state index contributed by atoms with van der Waals surface area (Å²) in [6, 6.07) is 0. The van der Waals surface area contributed by atoms with Gasteiger partial charge >= 0.3 is 5.95 Å². The van der Waals surface area contributed by atoms with Crippen molar-refractivity contribution in [3.63, 3.8) is 0 Å². The molecule has 2 rings (SSSR count). The minimum Gasteiger partial charge on any atom is -0.394 e. The number of aliphatic hydroxyl groups excluding tert-OH is 2. The lowest BCUT2D eigenvalue weighted by atomic mass is 10.1. The van der Waals surface area contributed by atoms with E-state index >= 15 is 0 Å². The highest BCUT2D eigenvalue weighted by Crippen LogP contribution is 2.24. The van der Waals surface area contributed by atoms with Gasteiger partial charge in [0.2, 0.25) is 6.23 Å². The van der Waals surface area contributed by atoms with Crippen LogP contribution in [0.25, 0.3) is 0 Å². The zero-order chi connectivity index (χ0) is 12.4. The third-order valence-electron chi connectivity index (χ3n) is 2.43. The van der Waals surface area contributed by atoms with E-state index in [4.69, 9.17) is 9.84 Å². The van der Waals surface area contributed by atoms with Crippen molar-refractivity contribution < 1.29 is 19.9 Å². The number of nitro groups is 1. The fourth-order valence-corrected chi connectivity index (χ4v) is 1.59. The van der Waals surface area contributed by atoms with Gasteiger partial charge in [0.1, 0.15) is 24.6 Å². The maximum Gasteiger partial charge on any atom is 0.436 e. The van der Waals surface area contributed by atoms with Gasteiger partial charge in [-0.1, -0.05) is 11.1 Å². The fraction of sp³-hybridized carbons (Fsp3) is 0.444. The van der Waals surface area contributed by atoms with Gasteiger partial charge in [-0.05, 0) is 11.0 Å². The van der Waals surface area contributed by atoms with Crippen LogP contribution in [-0.4, -0.2) is 43.5 Å². The average molecular weight is 241 g/mol. The molecule has 1 aromatic heterocycles. The molecule has 0 radical (unpaired) electrons. The molecule has 0 saturated heterocycles. The lowest BCUT2D eigenvalue weighted by Gasteiger charge is -2.27. The first-order valence-corrected chi connectivity index (χ1v) is 4.93. The number of ether oxygens (including phenoxy) is 1. The van der Waals surface area contributed by atoms with Gasteiger partial charge in [-0.2, -0.15) is 4.57 Å². The molecule has 92 valence electrons. The normalized spacial score (nSPS) is 28.2. The highest BCUT2D eigenvalue weighted by atomic mass is 16.6. The molecule has 8 heteroatoms. The van der Waals surface area contributed by atoms with Crippen LogP contribution in [0.3, 0.4) is 0 Å². The number of hydrogen-bond donors (Lipinski definition) is 2. The molecule has 0 amide bonds. The summed E-state index contributed by atoms with van der Waals surface area (Å²) in [5.74, 6) is -0.354. The molecule has 0 spiro atoms. The third-order valence-corrected chi connectivity index (χ3v) is 2.43. The van der Waals surface area contributed by atoms with Crippen LogP contribution >= 0.6 is 0 Å². The van der Waals surface area contributed by atoms with Gasteiger partial charge < -0.3 is 25.1 Å². The van der Waals surface area contributed by atoms with Crippen molar-refractivity contribution in [3.8, 4) is 0 Å². The van der Waals surface area contributed by atoms with Crippen molar-refractivity contribution in [3.05, 3.63) is 34.7 Å². The molecule has 1 aliphatic rings. The first-order chi connectivity index (χ1) is 8.13. The van der Waals surface area contributed by atoms with E-state index in [0.717, 1.165) is 0 Å². The number of aromatic nitrogens is 2. The van der Waals surface area contributed by atoms with E-state index < -0.39 is 23.4 Å². The summed E-state index contributed by atoms with van der Waals surface area (Å²) in [5, 5.41) is 29.1. The Balaban J connectivity index is 2.26. The molecule has 0 fully saturated rings. The second kappa shape index (κ2) is 4.62. The Hall–Kier alpha value is -1.77. The molecule has 0 bridgehead atoms. The van der Waals surface area contributed by atoms with Gasteiger partial charge in [0.15, 0.2) is 0 Å². The van der Waals surface area contributed by atoms with Crippen LogP contribution in [0.1, 0.15) is 6.23 Å². The van der Waals surface area contributed by atoms with E-state index in [1.54, 1.807) is 0 Å². The van der Waals surface area contributed by atoms with Gasteiger partial charge in [-0.3, -0.25) is 0 Å². The minimum absolute atomic E-state index is 0.354. The number of hydrogen-bond acceptors (Lipinski definition) is 6. The standard InChI is InChI=1S/C9H11N3O5/c13-5-7-6(14)1-2-8(17-7)11-4-3-10-9(11)12(15)16/h1-4,6-8,13-14H,5H2/t6-,7+,8-/m1/s1. The Labute approximate surface area is 95.9 Å². The Kier molecular flexibility index (Phi) is 3.18. The largest absolute Gasteiger partial charge is 0.436 e. The summed E-state index contributed by atoms with van der Waals surface area (Å²) in [5.41, 5.74) is 0. The number of aliphatic hydroxyl groups is 2. The lowest BCUT2D eigenvalue weighted by Crippen LogP contribution is -2.36. The van der Waals surface area contributed by atoms with Crippen molar-refractivity contribution >= 4 is 5.95 Å². The van der Waals surface area contributed by atoms with Crippen LogP contribution in [0.15, 0.2) is 24.5 Å². The number of imidazole rings is 1. The maximum absolute atomic E-state index is 10.7. The Morgan fingerprint density at radius 1 is 1.59 bits per heavy atom. The Morgan fingerprint density at radius 3 is 3.00 bits per heavy atom. The molecule has 3 atom stereocenters. The Bertz CT molecular complexity index is 444. The summed E-state index contributed by atoms with van der Waals surface area (Å²) in [4.78, 5) is 13.6. The van der Waals surface area contributed by atoms with Crippen LogP contribution in [0.5, 0.6) is 0 Å². The molecule has 0 unspecified atom stereocenters. The lowest BCUT2D eigenvalue weighted by molar-refractivity contribution is -0.398. The molecular weight excluding hydrogens is 230 g/mol. The van der Waals surface area contributed by atoms with Crippen molar-refractivity contribution in [2.24, 2.45) is 0 Å². The van der Waals surface area contributed by atoms with Gasteiger partial charge in [-0.25, -0.2) is 0 Å². The predicted octanol–water partition coefficient (Wildman–Crippen LogP) is -0.402. The molecule has 8 nitrogen and oxygen atoms in total. The van der Waals surface area contributed by atoms with E-state index in [1.807, 2.05) is 0 Å². The summed E-state index contributed by atoms with van der Waals surface area (Å²) in [6.07, 6.45) is 3.13. The topological polar surface area (TPSA) is 111 Å². The Morgan fingerprint density at radius 2 is 2.35 bits per heavy atom. The summed E-state index contributed by atoms with van der Waals surface area (Å²) < 4.78 is 6.53. The molecule has 2 N–H and O–H groups in total. The van der Waals surface area contributed by atoms with Gasteiger partial charge in [-0.15, -0.1) is 0 Å². The van der Waals surface area contributed by atoms with E-state index in [1.165, 1.54) is 29.1 Å². The monoisotopic (exact) mass is 241 g/mol. The second-order valence-electron chi connectivity index (χ2n) is 3.51. The minimum atomic E-state index is -0.918. The van der Waals surface area contributed by atoms with E-state index in [2.05, 4.69) is 4.98 Å². The zero-order valence-electron chi connectivity index (χ0n) is 8.71. The van der Waals surface area contributed by atoms with Crippen LogP contribution in [-0.2, 0) is 4.74 Å². The highest BCUT2D eigenvalue weighted by molar-refractivity contribution is 5.12. The molecule has 2 heterocycles. The molecule has 1 aliphatic heterocycles. The summed E-state index contributed by atoms with van der Waals surface area (Å²) in [6.45, 7) is -0.371. The number of nitrogens with zero attached hydrogens (tertiary/aromatic N) is 3. The third kappa shape index (κ3) is 2.18. The molecule has 0 saturated carbocycles. The van der Waals surface area contributed by atoms with E-state index in [0.29, 0.717) is 0 Å². The maximum atomic E-state index is 10.7. The predicted molar refractivity (Wildman–Crippen MR) is 55.0 cm³/mol. The molecule has 0 aromatic carbocycles. The molecule has 1 aromatic rings. The first kappa shape index (κ1) is 11.7. The SMILES string of the molecule is O=[N+]([O-])c1nccn1[C@H]1C=C[C@@H](O)[C@H](CO)O1.